The zero-order chi connectivity index (χ0) is 18.8. The minimum atomic E-state index is 0.0984. The fourth-order valence-electron chi connectivity index (χ4n) is 4.31. The third-order valence-corrected chi connectivity index (χ3v) is 5.89. The average molecular weight is 366 g/mol. The lowest BCUT2D eigenvalue weighted by atomic mass is 9.87. The van der Waals surface area contributed by atoms with Crippen LogP contribution >= 0.6 is 0 Å². The van der Waals surface area contributed by atoms with Gasteiger partial charge in [0.15, 0.2) is 0 Å². The fraction of sp³-hybridized carbons (Fsp3) is 0.476. The Hall–Kier alpha value is -2.31. The summed E-state index contributed by atoms with van der Waals surface area (Å²) in [7, 11) is 1.78. The smallest absolute Gasteiger partial charge is 0.255 e. The molecule has 0 aliphatic carbocycles. The quantitative estimate of drug-likeness (QED) is 0.832. The van der Waals surface area contributed by atoms with Gasteiger partial charge in [0.05, 0.1) is 17.7 Å². The molecule has 27 heavy (non-hydrogen) atoms. The summed E-state index contributed by atoms with van der Waals surface area (Å²) in [5.41, 5.74) is 2.72. The van der Waals surface area contributed by atoms with E-state index in [0.717, 1.165) is 38.2 Å². The molecule has 2 aliphatic heterocycles. The van der Waals surface area contributed by atoms with Gasteiger partial charge in [-0.25, -0.2) is 0 Å². The monoisotopic (exact) mass is 366 g/mol. The summed E-state index contributed by atoms with van der Waals surface area (Å²) in [6.07, 6.45) is 7.65. The van der Waals surface area contributed by atoms with Crippen molar-refractivity contribution in [1.29, 1.82) is 0 Å². The Labute approximate surface area is 160 Å². The topological polar surface area (TPSA) is 58.6 Å². The van der Waals surface area contributed by atoms with Crippen molar-refractivity contribution in [3.8, 4) is 0 Å². The lowest BCUT2D eigenvalue weighted by Gasteiger charge is -2.52. The van der Waals surface area contributed by atoms with E-state index in [0.29, 0.717) is 11.6 Å². The molecule has 1 amide bonds. The van der Waals surface area contributed by atoms with Crippen LogP contribution in [-0.2, 0) is 4.74 Å². The number of nitrogens with zero attached hydrogens (tertiary/aromatic N) is 4. The largest absolute Gasteiger partial charge is 0.378 e. The molecule has 0 radical (unpaired) electrons. The number of carbonyl (C=O) groups excluding carboxylic acids is 1. The molecule has 0 aromatic carbocycles. The minimum absolute atomic E-state index is 0.0984. The van der Waals surface area contributed by atoms with Gasteiger partial charge in [0, 0.05) is 57.1 Å². The first-order valence-electron chi connectivity index (χ1n) is 9.58. The molecule has 4 heterocycles. The SMILES string of the molecule is CO[C@H]1CN(C2CCN(C(=O)c3cccnc3C)CC2)[C@H]1c1cccnc1. The summed E-state index contributed by atoms with van der Waals surface area (Å²) >= 11 is 0. The van der Waals surface area contributed by atoms with E-state index in [4.69, 9.17) is 4.74 Å². The van der Waals surface area contributed by atoms with E-state index in [1.165, 1.54) is 5.56 Å². The van der Waals surface area contributed by atoms with Crippen LogP contribution < -0.4 is 0 Å². The van der Waals surface area contributed by atoms with Gasteiger partial charge in [-0.15, -0.1) is 0 Å². The van der Waals surface area contributed by atoms with Gasteiger partial charge < -0.3 is 9.64 Å². The van der Waals surface area contributed by atoms with Crippen molar-refractivity contribution >= 4 is 5.91 Å². The van der Waals surface area contributed by atoms with Crippen LogP contribution in [-0.4, -0.2) is 64.6 Å². The second-order valence-corrected chi connectivity index (χ2v) is 7.36. The van der Waals surface area contributed by atoms with Gasteiger partial charge in [0.1, 0.15) is 0 Å². The van der Waals surface area contributed by atoms with E-state index in [-0.39, 0.29) is 18.1 Å². The Morgan fingerprint density at radius 3 is 2.63 bits per heavy atom. The third-order valence-electron chi connectivity index (χ3n) is 5.89. The first-order valence-corrected chi connectivity index (χ1v) is 9.58. The number of aryl methyl sites for hydroxylation is 1. The summed E-state index contributed by atoms with van der Waals surface area (Å²) in [6, 6.07) is 8.54. The van der Waals surface area contributed by atoms with Gasteiger partial charge in [-0.1, -0.05) is 6.07 Å². The molecule has 2 aliphatic rings. The van der Waals surface area contributed by atoms with E-state index in [1.807, 2.05) is 36.2 Å². The molecular formula is C21H26N4O2. The molecule has 4 rings (SSSR count). The zero-order valence-electron chi connectivity index (χ0n) is 15.9. The summed E-state index contributed by atoms with van der Waals surface area (Å²) in [5, 5.41) is 0. The Morgan fingerprint density at radius 1 is 1.19 bits per heavy atom. The Morgan fingerprint density at radius 2 is 1.96 bits per heavy atom. The molecule has 2 aromatic rings. The second-order valence-electron chi connectivity index (χ2n) is 7.36. The highest BCUT2D eigenvalue weighted by Crippen LogP contribution is 2.39. The molecule has 2 saturated heterocycles. The van der Waals surface area contributed by atoms with Crippen molar-refractivity contribution in [2.45, 2.75) is 38.0 Å². The van der Waals surface area contributed by atoms with Crippen molar-refractivity contribution in [2.75, 3.05) is 26.7 Å². The predicted octanol–water partition coefficient (Wildman–Crippen LogP) is 2.46. The maximum atomic E-state index is 12.8. The van der Waals surface area contributed by atoms with Crippen LogP contribution in [0.25, 0.3) is 0 Å². The summed E-state index contributed by atoms with van der Waals surface area (Å²) in [6.45, 7) is 4.40. The van der Waals surface area contributed by atoms with Gasteiger partial charge in [0.25, 0.3) is 5.91 Å². The maximum absolute atomic E-state index is 12.8. The molecule has 0 saturated carbocycles. The maximum Gasteiger partial charge on any atom is 0.255 e. The lowest BCUT2D eigenvalue weighted by molar-refractivity contribution is -0.115. The van der Waals surface area contributed by atoms with Crippen molar-refractivity contribution in [2.24, 2.45) is 0 Å². The molecule has 0 spiro atoms. The van der Waals surface area contributed by atoms with E-state index in [1.54, 1.807) is 19.5 Å². The van der Waals surface area contributed by atoms with Crippen molar-refractivity contribution in [3.05, 3.63) is 59.7 Å². The van der Waals surface area contributed by atoms with Gasteiger partial charge in [-0.3, -0.25) is 19.7 Å². The molecular weight excluding hydrogens is 340 g/mol. The minimum Gasteiger partial charge on any atom is -0.378 e. The number of methoxy groups -OCH3 is 1. The van der Waals surface area contributed by atoms with Crippen LogP contribution in [0.15, 0.2) is 42.9 Å². The normalized spacial score (nSPS) is 23.9. The van der Waals surface area contributed by atoms with Gasteiger partial charge >= 0.3 is 0 Å². The summed E-state index contributed by atoms with van der Waals surface area (Å²) in [5.74, 6) is 0.0984. The number of pyridine rings is 2. The second kappa shape index (κ2) is 7.74. The number of aromatic nitrogens is 2. The van der Waals surface area contributed by atoms with Crippen LogP contribution in [0.2, 0.25) is 0 Å². The number of carbonyl (C=O) groups is 1. The Kier molecular flexibility index (Phi) is 5.18. The van der Waals surface area contributed by atoms with E-state index in [2.05, 4.69) is 20.9 Å². The van der Waals surface area contributed by atoms with Crippen LogP contribution in [0.3, 0.4) is 0 Å². The number of hydrogen-bond acceptors (Lipinski definition) is 5. The van der Waals surface area contributed by atoms with E-state index < -0.39 is 0 Å². The summed E-state index contributed by atoms with van der Waals surface area (Å²) in [4.78, 5) is 25.8. The van der Waals surface area contributed by atoms with Crippen molar-refractivity contribution in [3.63, 3.8) is 0 Å². The number of hydrogen-bond donors (Lipinski definition) is 0. The highest BCUT2D eigenvalue weighted by atomic mass is 16.5. The summed E-state index contributed by atoms with van der Waals surface area (Å²) < 4.78 is 5.66. The standard InChI is InChI=1S/C21H26N4O2/c1-15-18(6-4-10-23-15)21(26)24-11-7-17(8-12-24)25-14-19(27-2)20(25)16-5-3-9-22-13-16/h3-6,9-10,13,17,19-20H,7-8,11-12,14H2,1-2H3/t19-,20-/m0/s1. The van der Waals surface area contributed by atoms with Gasteiger partial charge in [-0.05, 0) is 43.5 Å². The van der Waals surface area contributed by atoms with Crippen LogP contribution in [0, 0.1) is 6.92 Å². The van der Waals surface area contributed by atoms with Crippen LogP contribution in [0.4, 0.5) is 0 Å². The van der Waals surface area contributed by atoms with E-state index >= 15 is 0 Å². The number of ether oxygens (including phenoxy) is 1. The molecule has 0 bridgehead atoms. The highest BCUT2D eigenvalue weighted by molar-refractivity contribution is 5.95. The lowest BCUT2D eigenvalue weighted by Crippen LogP contribution is -2.60. The number of piperidine rings is 1. The highest BCUT2D eigenvalue weighted by Gasteiger charge is 2.44. The molecule has 142 valence electrons. The first-order chi connectivity index (χ1) is 13.2. The molecule has 2 atom stereocenters. The third kappa shape index (κ3) is 3.47. The number of likely N-dealkylation sites (tertiary alicyclic amines) is 2. The zero-order valence-corrected chi connectivity index (χ0v) is 15.9. The van der Waals surface area contributed by atoms with Crippen LogP contribution in [0.1, 0.15) is 40.5 Å². The molecule has 0 N–H and O–H groups in total. The molecule has 6 heteroatoms. The van der Waals surface area contributed by atoms with Crippen molar-refractivity contribution in [1.82, 2.24) is 19.8 Å². The predicted molar refractivity (Wildman–Crippen MR) is 102 cm³/mol. The number of rotatable bonds is 4. The number of amides is 1. The molecule has 0 unspecified atom stereocenters. The fourth-order valence-corrected chi connectivity index (χ4v) is 4.31. The van der Waals surface area contributed by atoms with Gasteiger partial charge in [0.2, 0.25) is 0 Å². The van der Waals surface area contributed by atoms with Gasteiger partial charge in [-0.2, -0.15) is 0 Å². The average Bonchev–Trinajstić information content (AvgIpc) is 2.69. The molecule has 2 aromatic heterocycles. The molecule has 2 fully saturated rings. The molecule has 6 nitrogen and oxygen atoms in total. The van der Waals surface area contributed by atoms with Crippen molar-refractivity contribution < 1.29 is 9.53 Å². The Bertz CT molecular complexity index is 790. The first kappa shape index (κ1) is 18.1. The van der Waals surface area contributed by atoms with Crippen LogP contribution in [0.5, 0.6) is 0 Å². The Balaban J connectivity index is 1.41. The van der Waals surface area contributed by atoms with E-state index in [9.17, 15) is 4.79 Å².